The van der Waals surface area contributed by atoms with E-state index in [4.69, 9.17) is 16.6 Å². The van der Waals surface area contributed by atoms with Gasteiger partial charge in [-0.05, 0) is 42.0 Å². The highest BCUT2D eigenvalue weighted by atomic mass is 35.5. The van der Waals surface area contributed by atoms with E-state index in [1.165, 1.54) is 30.2 Å². The van der Waals surface area contributed by atoms with Crippen molar-refractivity contribution in [3.63, 3.8) is 0 Å². The Balaban J connectivity index is 1.50. The van der Waals surface area contributed by atoms with Crippen LogP contribution >= 0.6 is 23.4 Å². The molecule has 4 nitrogen and oxygen atoms in total. The molecule has 2 aromatic carbocycles. The molecule has 1 N–H and O–H groups in total. The van der Waals surface area contributed by atoms with Crippen LogP contribution in [0.25, 0.3) is 11.0 Å². The molecule has 1 fully saturated rings. The van der Waals surface area contributed by atoms with Gasteiger partial charge < -0.3 is 9.88 Å². The predicted octanol–water partition coefficient (Wildman–Crippen LogP) is 5.77. The van der Waals surface area contributed by atoms with Crippen molar-refractivity contribution < 1.29 is 4.79 Å². The molecule has 0 saturated heterocycles. The molecule has 1 heterocycles. The van der Waals surface area contributed by atoms with Gasteiger partial charge in [-0.3, -0.25) is 4.79 Å². The van der Waals surface area contributed by atoms with Gasteiger partial charge in [-0.15, -0.1) is 0 Å². The molecule has 6 heteroatoms. The van der Waals surface area contributed by atoms with E-state index in [1.807, 2.05) is 36.4 Å². The summed E-state index contributed by atoms with van der Waals surface area (Å²) in [6.45, 7) is 5.25. The Hall–Kier alpha value is -1.98. The second-order valence-electron chi connectivity index (χ2n) is 8.33. The van der Waals surface area contributed by atoms with Crippen LogP contribution in [0, 0.1) is 11.8 Å². The molecular formula is C24H28ClN3OS. The molecule has 1 aliphatic carbocycles. The van der Waals surface area contributed by atoms with Crippen molar-refractivity contribution in [1.82, 2.24) is 14.9 Å². The van der Waals surface area contributed by atoms with Crippen molar-refractivity contribution in [2.45, 2.75) is 50.9 Å². The summed E-state index contributed by atoms with van der Waals surface area (Å²) in [5.74, 6) is 1.64. The first-order chi connectivity index (χ1) is 14.5. The van der Waals surface area contributed by atoms with Crippen molar-refractivity contribution >= 4 is 40.3 Å². The van der Waals surface area contributed by atoms with Crippen molar-refractivity contribution in [1.29, 1.82) is 0 Å². The van der Waals surface area contributed by atoms with Gasteiger partial charge in [0.1, 0.15) is 0 Å². The Labute approximate surface area is 187 Å². The molecule has 1 saturated carbocycles. The van der Waals surface area contributed by atoms with Crippen LogP contribution in [0.5, 0.6) is 0 Å². The van der Waals surface area contributed by atoms with Crippen molar-refractivity contribution in [3.8, 4) is 0 Å². The van der Waals surface area contributed by atoms with Gasteiger partial charge in [0.25, 0.3) is 0 Å². The topological polar surface area (TPSA) is 46.9 Å². The molecule has 0 radical (unpaired) electrons. The lowest BCUT2D eigenvalue weighted by Gasteiger charge is -2.34. The van der Waals surface area contributed by atoms with Crippen LogP contribution in [-0.2, 0) is 11.3 Å². The molecule has 1 amide bonds. The van der Waals surface area contributed by atoms with E-state index in [9.17, 15) is 4.79 Å². The fraction of sp³-hybridized carbons (Fsp3) is 0.417. The van der Waals surface area contributed by atoms with E-state index in [0.717, 1.165) is 22.6 Å². The molecule has 3 atom stereocenters. The number of benzene rings is 2. The maximum Gasteiger partial charge on any atom is 0.230 e. The second-order valence-corrected chi connectivity index (χ2v) is 9.71. The van der Waals surface area contributed by atoms with E-state index < -0.39 is 0 Å². The number of imidazole rings is 1. The maximum atomic E-state index is 12.7. The number of carbonyl (C=O) groups is 1. The van der Waals surface area contributed by atoms with E-state index in [-0.39, 0.29) is 11.9 Å². The summed E-state index contributed by atoms with van der Waals surface area (Å²) >= 11 is 7.67. The van der Waals surface area contributed by atoms with E-state index in [0.29, 0.717) is 29.2 Å². The van der Waals surface area contributed by atoms with Gasteiger partial charge in [0.05, 0.1) is 23.3 Å². The molecule has 4 rings (SSSR count). The molecule has 0 bridgehead atoms. The minimum Gasteiger partial charge on any atom is -0.352 e. The maximum absolute atomic E-state index is 12.7. The first-order valence-electron chi connectivity index (χ1n) is 10.6. The Morgan fingerprint density at radius 2 is 2.00 bits per heavy atom. The van der Waals surface area contributed by atoms with Crippen LogP contribution in [-0.4, -0.2) is 27.3 Å². The number of halogens is 1. The lowest BCUT2D eigenvalue weighted by molar-refractivity contribution is -0.120. The number of fused-ring (bicyclic) bond motifs is 1. The summed E-state index contributed by atoms with van der Waals surface area (Å²) in [5.41, 5.74) is 3.08. The molecule has 3 unspecified atom stereocenters. The SMILES string of the molecule is CC1CCCC(NC(=O)CSc2nc3cc(Cl)ccc3n2Cc2ccccc2)C1C. The zero-order valence-electron chi connectivity index (χ0n) is 17.5. The second kappa shape index (κ2) is 9.44. The van der Waals surface area contributed by atoms with Crippen molar-refractivity contribution in [2.24, 2.45) is 11.8 Å². The third-order valence-corrected chi connectivity index (χ3v) is 7.46. The summed E-state index contributed by atoms with van der Waals surface area (Å²) in [6, 6.07) is 16.4. The van der Waals surface area contributed by atoms with Crippen molar-refractivity contribution in [2.75, 3.05) is 5.75 Å². The average molecular weight is 442 g/mol. The number of thioether (sulfide) groups is 1. The van der Waals surface area contributed by atoms with E-state index >= 15 is 0 Å². The van der Waals surface area contributed by atoms with Gasteiger partial charge in [-0.1, -0.05) is 80.4 Å². The third kappa shape index (κ3) is 4.84. The Morgan fingerprint density at radius 1 is 1.20 bits per heavy atom. The smallest absolute Gasteiger partial charge is 0.230 e. The van der Waals surface area contributed by atoms with Crippen LogP contribution < -0.4 is 5.32 Å². The number of aromatic nitrogens is 2. The number of hydrogen-bond acceptors (Lipinski definition) is 3. The molecule has 0 spiro atoms. The summed E-state index contributed by atoms with van der Waals surface area (Å²) in [7, 11) is 0. The number of carbonyl (C=O) groups excluding carboxylic acids is 1. The highest BCUT2D eigenvalue weighted by molar-refractivity contribution is 7.99. The Kier molecular flexibility index (Phi) is 6.69. The fourth-order valence-corrected chi connectivity index (χ4v) is 5.27. The standard InChI is InChI=1S/C24H28ClN3OS/c1-16-7-6-10-20(17(16)2)26-23(29)15-30-24-27-21-13-19(25)11-12-22(21)28(24)14-18-8-4-3-5-9-18/h3-5,8-9,11-13,16-17,20H,6-7,10,14-15H2,1-2H3,(H,26,29). The van der Waals surface area contributed by atoms with Crippen LogP contribution in [0.15, 0.2) is 53.7 Å². The third-order valence-electron chi connectivity index (χ3n) is 6.24. The number of nitrogens with zero attached hydrogens (tertiary/aromatic N) is 2. The normalized spacial score (nSPS) is 21.6. The monoisotopic (exact) mass is 441 g/mol. The minimum atomic E-state index is 0.0855. The zero-order chi connectivity index (χ0) is 21.1. The Bertz CT molecular complexity index is 1020. The first kappa shape index (κ1) is 21.3. The summed E-state index contributed by atoms with van der Waals surface area (Å²) in [5, 5.41) is 4.78. The molecule has 0 aliphatic heterocycles. The molecular weight excluding hydrogens is 414 g/mol. The summed E-state index contributed by atoms with van der Waals surface area (Å²) in [4.78, 5) is 17.5. The summed E-state index contributed by atoms with van der Waals surface area (Å²) in [6.07, 6.45) is 3.53. The molecule has 3 aromatic rings. The van der Waals surface area contributed by atoms with Gasteiger partial charge in [0.2, 0.25) is 5.91 Å². The van der Waals surface area contributed by atoms with Crippen LogP contribution in [0.3, 0.4) is 0 Å². The van der Waals surface area contributed by atoms with Gasteiger partial charge in [-0.25, -0.2) is 4.98 Å². The van der Waals surface area contributed by atoms with Gasteiger partial charge >= 0.3 is 0 Å². The van der Waals surface area contributed by atoms with Crippen LogP contribution in [0.1, 0.15) is 38.7 Å². The number of amides is 1. The quantitative estimate of drug-likeness (QED) is 0.494. The molecule has 158 valence electrons. The Morgan fingerprint density at radius 3 is 2.80 bits per heavy atom. The number of nitrogens with one attached hydrogen (secondary N) is 1. The summed E-state index contributed by atoms with van der Waals surface area (Å²) < 4.78 is 2.17. The lowest BCUT2D eigenvalue weighted by atomic mass is 9.78. The van der Waals surface area contributed by atoms with E-state index in [1.54, 1.807) is 0 Å². The molecule has 30 heavy (non-hydrogen) atoms. The van der Waals surface area contributed by atoms with Gasteiger partial charge in [0, 0.05) is 11.1 Å². The number of rotatable bonds is 6. The minimum absolute atomic E-state index is 0.0855. The van der Waals surface area contributed by atoms with Crippen LogP contribution in [0.2, 0.25) is 5.02 Å². The predicted molar refractivity (Wildman–Crippen MR) is 125 cm³/mol. The number of hydrogen-bond donors (Lipinski definition) is 1. The highest BCUT2D eigenvalue weighted by Gasteiger charge is 2.28. The fourth-order valence-electron chi connectivity index (χ4n) is 4.27. The highest BCUT2D eigenvalue weighted by Crippen LogP contribution is 2.30. The lowest BCUT2D eigenvalue weighted by Crippen LogP contribution is -2.44. The van der Waals surface area contributed by atoms with Crippen LogP contribution in [0.4, 0.5) is 0 Å². The van der Waals surface area contributed by atoms with E-state index in [2.05, 4.69) is 35.9 Å². The van der Waals surface area contributed by atoms with Gasteiger partial charge in [0.15, 0.2) is 5.16 Å². The molecule has 1 aliphatic rings. The largest absolute Gasteiger partial charge is 0.352 e. The molecule has 1 aromatic heterocycles. The van der Waals surface area contributed by atoms with Crippen molar-refractivity contribution in [3.05, 3.63) is 59.1 Å². The first-order valence-corrected chi connectivity index (χ1v) is 12.0. The average Bonchev–Trinajstić information content (AvgIpc) is 3.07. The van der Waals surface area contributed by atoms with Gasteiger partial charge in [-0.2, -0.15) is 0 Å². The zero-order valence-corrected chi connectivity index (χ0v) is 19.0.